The third kappa shape index (κ3) is 4.45. The Labute approximate surface area is 176 Å². The Balaban J connectivity index is 1.61. The van der Waals surface area contributed by atoms with Crippen molar-refractivity contribution in [1.29, 1.82) is 0 Å². The smallest absolute Gasteiger partial charge is 0.205 e. The lowest BCUT2D eigenvalue weighted by molar-refractivity contribution is 0.104. The summed E-state index contributed by atoms with van der Waals surface area (Å²) in [6.07, 6.45) is 5.67. The van der Waals surface area contributed by atoms with E-state index < -0.39 is 11.0 Å². The fraction of sp³-hybridized carbons (Fsp3) is 0.0435. The zero-order valence-corrected chi connectivity index (χ0v) is 16.8. The van der Waals surface area contributed by atoms with Crippen LogP contribution < -0.4 is 4.72 Å². The highest BCUT2D eigenvalue weighted by Gasteiger charge is 2.27. The lowest BCUT2D eigenvalue weighted by Crippen LogP contribution is -2.22. The molecule has 0 saturated carbocycles. The molecule has 0 amide bonds. The Bertz CT molecular complexity index is 1190. The number of hydrogen-bond donors (Lipinski definition) is 1. The number of ketones is 1. The summed E-state index contributed by atoms with van der Waals surface area (Å²) in [5, 5.41) is 0.599. The maximum atomic E-state index is 13.0. The molecule has 1 N–H and O–H groups in total. The van der Waals surface area contributed by atoms with Crippen molar-refractivity contribution in [1.82, 2.24) is 4.98 Å². The van der Waals surface area contributed by atoms with Crippen LogP contribution in [-0.4, -0.2) is 15.0 Å². The summed E-state index contributed by atoms with van der Waals surface area (Å²) in [7, 11) is -1.63. The van der Waals surface area contributed by atoms with Gasteiger partial charge in [-0.15, -0.1) is 0 Å². The highest BCUT2D eigenvalue weighted by atomic mass is 35.5. The van der Waals surface area contributed by atoms with Crippen molar-refractivity contribution < 1.29 is 9.00 Å². The SMILES string of the molecule is O=C1/C(=C\c2ccc(Cl)cc2)S(=O)Nc2ccc(C#CCc3ccncc3)cc21. The molecule has 6 heteroatoms. The molecular weight excluding hydrogens is 404 g/mol. The fourth-order valence-corrected chi connectivity index (χ4v) is 3.98. The molecule has 1 aliphatic heterocycles. The maximum absolute atomic E-state index is 13.0. The van der Waals surface area contributed by atoms with Gasteiger partial charge in [0.1, 0.15) is 4.91 Å². The van der Waals surface area contributed by atoms with Crippen LogP contribution in [-0.2, 0) is 17.4 Å². The molecule has 0 radical (unpaired) electrons. The Morgan fingerprint density at radius 3 is 2.59 bits per heavy atom. The number of carbonyl (C=O) groups is 1. The van der Waals surface area contributed by atoms with Crippen LogP contribution in [0.2, 0.25) is 5.02 Å². The van der Waals surface area contributed by atoms with Crippen LogP contribution in [0.25, 0.3) is 6.08 Å². The molecule has 0 bridgehead atoms. The number of allylic oxidation sites excluding steroid dienone is 1. The summed E-state index contributed by atoms with van der Waals surface area (Å²) < 4.78 is 15.4. The van der Waals surface area contributed by atoms with Gasteiger partial charge in [-0.3, -0.25) is 9.78 Å². The highest BCUT2D eigenvalue weighted by molar-refractivity contribution is 7.91. The number of fused-ring (bicyclic) bond motifs is 1. The van der Waals surface area contributed by atoms with Gasteiger partial charge in [0.05, 0.1) is 5.69 Å². The monoisotopic (exact) mass is 418 g/mol. The highest BCUT2D eigenvalue weighted by Crippen LogP contribution is 2.29. The number of pyridine rings is 1. The second-order valence-corrected chi connectivity index (χ2v) is 7.97. The molecule has 0 saturated heterocycles. The van der Waals surface area contributed by atoms with E-state index in [9.17, 15) is 9.00 Å². The van der Waals surface area contributed by atoms with Crippen molar-refractivity contribution >= 4 is 40.1 Å². The Hall–Kier alpha value is -3.20. The minimum absolute atomic E-state index is 0.196. The number of aromatic nitrogens is 1. The van der Waals surface area contributed by atoms with E-state index in [1.165, 1.54) is 0 Å². The third-order valence-corrected chi connectivity index (χ3v) is 5.69. The summed E-state index contributed by atoms with van der Waals surface area (Å²) >= 11 is 5.90. The second-order valence-electron chi connectivity index (χ2n) is 6.35. The number of nitrogens with zero attached hydrogens (tertiary/aromatic N) is 1. The second kappa shape index (κ2) is 8.44. The Morgan fingerprint density at radius 1 is 1.07 bits per heavy atom. The lowest BCUT2D eigenvalue weighted by atomic mass is 10.0. The van der Waals surface area contributed by atoms with Gasteiger partial charge in [-0.2, -0.15) is 0 Å². The van der Waals surface area contributed by atoms with E-state index in [0.29, 0.717) is 22.7 Å². The van der Waals surface area contributed by atoms with Gasteiger partial charge >= 0.3 is 0 Å². The quantitative estimate of drug-likeness (QED) is 0.487. The summed E-state index contributed by atoms with van der Waals surface area (Å²) in [5.41, 5.74) is 3.56. The van der Waals surface area contributed by atoms with Crippen LogP contribution in [0.3, 0.4) is 0 Å². The molecule has 0 aliphatic carbocycles. The molecule has 1 aliphatic rings. The molecule has 1 aromatic heterocycles. The number of anilines is 1. The van der Waals surface area contributed by atoms with E-state index in [1.54, 1.807) is 54.9 Å². The van der Waals surface area contributed by atoms with Crippen molar-refractivity contribution in [2.45, 2.75) is 6.42 Å². The molecule has 4 rings (SSSR count). The van der Waals surface area contributed by atoms with Gasteiger partial charge in [0.25, 0.3) is 0 Å². The molecule has 0 spiro atoms. The van der Waals surface area contributed by atoms with Gasteiger partial charge in [0.2, 0.25) is 5.78 Å². The van der Waals surface area contributed by atoms with Gasteiger partial charge in [0.15, 0.2) is 11.0 Å². The zero-order chi connectivity index (χ0) is 20.2. The predicted molar refractivity (Wildman–Crippen MR) is 117 cm³/mol. The van der Waals surface area contributed by atoms with E-state index in [1.807, 2.05) is 18.2 Å². The molecular formula is C23H15ClN2O2S. The van der Waals surface area contributed by atoms with Gasteiger partial charge in [0, 0.05) is 35.0 Å². The van der Waals surface area contributed by atoms with Gasteiger partial charge in [-0.05, 0) is 59.7 Å². The van der Waals surface area contributed by atoms with E-state index in [-0.39, 0.29) is 10.7 Å². The predicted octanol–water partition coefficient (Wildman–Crippen LogP) is 4.64. The molecule has 1 unspecified atom stereocenters. The van der Waals surface area contributed by atoms with Crippen molar-refractivity contribution in [2.75, 3.05) is 4.72 Å². The first-order valence-electron chi connectivity index (χ1n) is 8.82. The van der Waals surface area contributed by atoms with Crippen LogP contribution in [0.4, 0.5) is 5.69 Å². The van der Waals surface area contributed by atoms with Crippen LogP contribution in [0.5, 0.6) is 0 Å². The van der Waals surface area contributed by atoms with Crippen LogP contribution in [0, 0.1) is 11.8 Å². The number of carbonyl (C=O) groups excluding carboxylic acids is 1. The third-order valence-electron chi connectivity index (χ3n) is 4.33. The molecule has 2 aromatic carbocycles. The van der Waals surface area contributed by atoms with Crippen molar-refractivity contribution in [3.05, 3.63) is 99.2 Å². The molecule has 0 fully saturated rings. The van der Waals surface area contributed by atoms with Gasteiger partial charge < -0.3 is 4.72 Å². The summed E-state index contributed by atoms with van der Waals surface area (Å²) in [6.45, 7) is 0. The lowest BCUT2D eigenvalue weighted by Gasteiger charge is -2.19. The molecule has 4 nitrogen and oxygen atoms in total. The normalized spacial score (nSPS) is 16.5. The van der Waals surface area contributed by atoms with E-state index in [4.69, 9.17) is 11.6 Å². The Morgan fingerprint density at radius 2 is 1.83 bits per heavy atom. The first-order valence-corrected chi connectivity index (χ1v) is 10.4. The first-order chi connectivity index (χ1) is 14.1. The summed E-state index contributed by atoms with van der Waals surface area (Å²) in [6, 6.07) is 16.1. The van der Waals surface area contributed by atoms with Crippen molar-refractivity contribution in [2.24, 2.45) is 0 Å². The van der Waals surface area contributed by atoms with Gasteiger partial charge in [-0.25, -0.2) is 4.21 Å². The Kier molecular flexibility index (Phi) is 5.57. The standard InChI is InChI=1S/C23H15ClN2O2S/c24-19-7-4-18(5-8-19)15-22-23(27)20-14-17(6-9-21(20)26-29(22)28)3-1-2-16-10-12-25-13-11-16/h4-15,26H,2H2/b22-15+. The number of benzene rings is 2. The van der Waals surface area contributed by atoms with Crippen LogP contribution >= 0.6 is 11.6 Å². The number of hydrogen-bond acceptors (Lipinski definition) is 3. The van der Waals surface area contributed by atoms with E-state index in [2.05, 4.69) is 21.5 Å². The largest absolute Gasteiger partial charge is 0.300 e. The number of nitrogens with one attached hydrogen (secondary N) is 1. The fourth-order valence-electron chi connectivity index (χ4n) is 2.85. The molecule has 3 aromatic rings. The molecule has 29 heavy (non-hydrogen) atoms. The van der Waals surface area contributed by atoms with Gasteiger partial charge in [-0.1, -0.05) is 35.6 Å². The molecule has 1 atom stereocenters. The maximum Gasteiger partial charge on any atom is 0.205 e. The topological polar surface area (TPSA) is 59.1 Å². The number of halogens is 1. The van der Waals surface area contributed by atoms with E-state index >= 15 is 0 Å². The number of rotatable bonds is 2. The molecule has 142 valence electrons. The molecule has 2 heterocycles. The van der Waals surface area contributed by atoms with Crippen molar-refractivity contribution in [3.8, 4) is 11.8 Å². The average Bonchev–Trinajstić information content (AvgIpc) is 2.74. The minimum atomic E-state index is -1.63. The summed E-state index contributed by atoms with van der Waals surface area (Å²) in [5.74, 6) is 5.92. The first kappa shape index (κ1) is 19.1. The number of Topliss-reactive ketones (excluding diaryl/α,β-unsaturated/α-hetero) is 1. The van der Waals surface area contributed by atoms with Crippen LogP contribution in [0.15, 0.2) is 71.9 Å². The van der Waals surface area contributed by atoms with Crippen LogP contribution in [0.1, 0.15) is 27.0 Å². The summed E-state index contributed by atoms with van der Waals surface area (Å²) in [4.78, 5) is 17.1. The minimum Gasteiger partial charge on any atom is -0.300 e. The van der Waals surface area contributed by atoms with E-state index in [0.717, 1.165) is 16.7 Å². The van der Waals surface area contributed by atoms with Crippen molar-refractivity contribution in [3.63, 3.8) is 0 Å². The zero-order valence-electron chi connectivity index (χ0n) is 15.2. The average molecular weight is 419 g/mol.